The summed E-state index contributed by atoms with van der Waals surface area (Å²) in [6.07, 6.45) is 3.71. The van der Waals surface area contributed by atoms with Gasteiger partial charge in [-0.1, -0.05) is 12.8 Å². The van der Waals surface area contributed by atoms with Crippen LogP contribution in [-0.4, -0.2) is 37.4 Å². The number of esters is 1. The van der Waals surface area contributed by atoms with E-state index in [9.17, 15) is 9.90 Å². The van der Waals surface area contributed by atoms with Gasteiger partial charge < -0.3 is 20.5 Å². The molecule has 1 aliphatic rings. The molecule has 0 radical (unpaired) electrons. The van der Waals surface area contributed by atoms with Crippen LogP contribution in [0.4, 0.5) is 11.4 Å². The van der Waals surface area contributed by atoms with E-state index in [0.717, 1.165) is 31.4 Å². The highest BCUT2D eigenvalue weighted by Gasteiger charge is 2.33. The van der Waals surface area contributed by atoms with E-state index in [1.807, 2.05) is 11.9 Å². The second-order valence-electron chi connectivity index (χ2n) is 5.56. The molecule has 0 saturated heterocycles. The molecule has 1 fully saturated rings. The quantitative estimate of drug-likeness (QED) is 0.649. The number of nitrogens with two attached hydrogens (primary N) is 1. The maximum Gasteiger partial charge on any atom is 0.340 e. The number of aliphatic hydroxyl groups is 1. The normalized spacial score (nSPS) is 16.9. The summed E-state index contributed by atoms with van der Waals surface area (Å²) in [7, 11) is 3.22. The molecule has 20 heavy (non-hydrogen) atoms. The molecule has 0 bridgehead atoms. The van der Waals surface area contributed by atoms with Crippen molar-refractivity contribution in [3.05, 3.63) is 23.8 Å². The molecule has 0 unspecified atom stereocenters. The summed E-state index contributed by atoms with van der Waals surface area (Å²) < 4.78 is 4.79. The Morgan fingerprint density at radius 2 is 2.10 bits per heavy atom. The van der Waals surface area contributed by atoms with E-state index >= 15 is 0 Å². The van der Waals surface area contributed by atoms with Gasteiger partial charge in [0, 0.05) is 19.3 Å². The highest BCUT2D eigenvalue weighted by atomic mass is 16.5. The van der Waals surface area contributed by atoms with E-state index in [1.165, 1.54) is 7.11 Å². The average molecular weight is 278 g/mol. The minimum atomic E-state index is -0.663. The second kappa shape index (κ2) is 5.71. The van der Waals surface area contributed by atoms with Gasteiger partial charge in [0.2, 0.25) is 0 Å². The standard InChI is InChI=1S/C15H22N2O3/c1-17(10-15(19)7-3-4-8-15)13-6-5-11(16)9-12(13)14(18)20-2/h5-6,9,19H,3-4,7-8,10,16H2,1-2H3. The Kier molecular flexibility index (Phi) is 4.18. The fourth-order valence-electron chi connectivity index (χ4n) is 2.88. The van der Waals surface area contributed by atoms with E-state index in [2.05, 4.69) is 0 Å². The molecule has 5 heteroatoms. The number of methoxy groups -OCH3 is 1. The first-order valence-corrected chi connectivity index (χ1v) is 6.86. The molecular weight excluding hydrogens is 256 g/mol. The van der Waals surface area contributed by atoms with Crippen molar-refractivity contribution in [2.75, 3.05) is 31.3 Å². The third kappa shape index (κ3) is 3.04. The number of nitrogen functional groups attached to an aromatic ring is 1. The summed E-state index contributed by atoms with van der Waals surface area (Å²) in [5, 5.41) is 10.5. The lowest BCUT2D eigenvalue weighted by Crippen LogP contribution is -2.39. The van der Waals surface area contributed by atoms with Crippen LogP contribution in [0, 0.1) is 0 Å². The Hall–Kier alpha value is -1.75. The summed E-state index contributed by atoms with van der Waals surface area (Å²) in [5.41, 5.74) is 6.74. The van der Waals surface area contributed by atoms with Crippen LogP contribution in [-0.2, 0) is 4.74 Å². The van der Waals surface area contributed by atoms with Crippen molar-refractivity contribution in [2.24, 2.45) is 0 Å². The van der Waals surface area contributed by atoms with Crippen molar-refractivity contribution in [3.8, 4) is 0 Å². The van der Waals surface area contributed by atoms with Gasteiger partial charge in [0.25, 0.3) is 0 Å². The largest absolute Gasteiger partial charge is 0.465 e. The number of carbonyl (C=O) groups excluding carboxylic acids is 1. The maximum absolute atomic E-state index is 11.8. The highest BCUT2D eigenvalue weighted by Crippen LogP contribution is 2.32. The fraction of sp³-hybridized carbons (Fsp3) is 0.533. The van der Waals surface area contributed by atoms with Crippen LogP contribution in [0.1, 0.15) is 36.0 Å². The van der Waals surface area contributed by atoms with Crippen LogP contribution < -0.4 is 10.6 Å². The van der Waals surface area contributed by atoms with Crippen LogP contribution in [0.25, 0.3) is 0 Å². The number of rotatable bonds is 4. The molecule has 0 heterocycles. The summed E-state index contributed by atoms with van der Waals surface area (Å²) in [6.45, 7) is 0.501. The Labute approximate surface area is 119 Å². The molecule has 0 amide bonds. The molecule has 0 atom stereocenters. The number of ether oxygens (including phenoxy) is 1. The summed E-state index contributed by atoms with van der Waals surface area (Å²) in [6, 6.07) is 5.15. The van der Waals surface area contributed by atoms with Gasteiger partial charge in [-0.05, 0) is 31.0 Å². The molecule has 3 N–H and O–H groups in total. The molecule has 1 saturated carbocycles. The minimum absolute atomic E-state index is 0.419. The summed E-state index contributed by atoms with van der Waals surface area (Å²) >= 11 is 0. The topological polar surface area (TPSA) is 75.8 Å². The van der Waals surface area contributed by atoms with Gasteiger partial charge in [-0.2, -0.15) is 0 Å². The minimum Gasteiger partial charge on any atom is -0.465 e. The third-order valence-electron chi connectivity index (χ3n) is 3.90. The second-order valence-corrected chi connectivity index (χ2v) is 5.56. The van der Waals surface area contributed by atoms with Crippen molar-refractivity contribution in [3.63, 3.8) is 0 Å². The molecule has 1 aromatic carbocycles. The first-order chi connectivity index (χ1) is 9.45. The monoisotopic (exact) mass is 278 g/mol. The van der Waals surface area contributed by atoms with Crippen molar-refractivity contribution in [1.82, 2.24) is 0 Å². The Morgan fingerprint density at radius 1 is 1.45 bits per heavy atom. The lowest BCUT2D eigenvalue weighted by atomic mass is 10.0. The number of benzene rings is 1. The maximum atomic E-state index is 11.8. The van der Waals surface area contributed by atoms with Gasteiger partial charge in [-0.15, -0.1) is 0 Å². The summed E-state index contributed by atoms with van der Waals surface area (Å²) in [5.74, 6) is -0.419. The van der Waals surface area contributed by atoms with Crippen molar-refractivity contribution in [2.45, 2.75) is 31.3 Å². The zero-order valence-electron chi connectivity index (χ0n) is 12.1. The SMILES string of the molecule is COC(=O)c1cc(N)ccc1N(C)CC1(O)CCCC1. The van der Waals surface area contributed by atoms with Crippen LogP contribution in [0.5, 0.6) is 0 Å². The Bertz CT molecular complexity index is 496. The third-order valence-corrected chi connectivity index (χ3v) is 3.90. The molecule has 1 aromatic rings. The predicted molar refractivity (Wildman–Crippen MR) is 78.9 cm³/mol. The number of hydrogen-bond donors (Lipinski definition) is 2. The van der Waals surface area contributed by atoms with E-state index in [4.69, 9.17) is 10.5 Å². The number of carbonyl (C=O) groups is 1. The van der Waals surface area contributed by atoms with E-state index in [1.54, 1.807) is 18.2 Å². The highest BCUT2D eigenvalue weighted by molar-refractivity contribution is 5.96. The Balaban J connectivity index is 2.24. The van der Waals surface area contributed by atoms with Gasteiger partial charge in [-0.3, -0.25) is 0 Å². The number of anilines is 2. The number of nitrogens with zero attached hydrogens (tertiary/aromatic N) is 1. The van der Waals surface area contributed by atoms with Crippen LogP contribution in [0.3, 0.4) is 0 Å². The van der Waals surface area contributed by atoms with Gasteiger partial charge in [0.15, 0.2) is 0 Å². The lowest BCUT2D eigenvalue weighted by Gasteiger charge is -2.31. The van der Waals surface area contributed by atoms with Gasteiger partial charge >= 0.3 is 5.97 Å². The van der Waals surface area contributed by atoms with Crippen LogP contribution >= 0.6 is 0 Å². The Morgan fingerprint density at radius 3 is 2.70 bits per heavy atom. The molecular formula is C15H22N2O3. The first kappa shape index (κ1) is 14.7. The first-order valence-electron chi connectivity index (χ1n) is 6.86. The number of likely N-dealkylation sites (N-methyl/N-ethyl adjacent to an activating group) is 1. The number of hydrogen-bond acceptors (Lipinski definition) is 5. The molecule has 0 aliphatic heterocycles. The molecule has 0 spiro atoms. The molecule has 110 valence electrons. The van der Waals surface area contributed by atoms with Gasteiger partial charge in [0.05, 0.1) is 24.0 Å². The van der Waals surface area contributed by atoms with E-state index in [0.29, 0.717) is 17.8 Å². The smallest absolute Gasteiger partial charge is 0.340 e. The summed E-state index contributed by atoms with van der Waals surface area (Å²) in [4.78, 5) is 13.7. The van der Waals surface area contributed by atoms with E-state index < -0.39 is 11.6 Å². The van der Waals surface area contributed by atoms with Crippen LogP contribution in [0.15, 0.2) is 18.2 Å². The zero-order valence-corrected chi connectivity index (χ0v) is 12.1. The lowest BCUT2D eigenvalue weighted by molar-refractivity contribution is 0.0549. The molecule has 0 aromatic heterocycles. The molecule has 2 rings (SSSR count). The van der Waals surface area contributed by atoms with Crippen LogP contribution in [0.2, 0.25) is 0 Å². The van der Waals surface area contributed by atoms with Crippen molar-refractivity contribution in [1.29, 1.82) is 0 Å². The predicted octanol–water partition coefficient (Wildman–Crippen LogP) is 1.80. The molecule has 5 nitrogen and oxygen atoms in total. The van der Waals surface area contributed by atoms with Gasteiger partial charge in [-0.25, -0.2) is 4.79 Å². The average Bonchev–Trinajstić information content (AvgIpc) is 2.83. The zero-order chi connectivity index (χ0) is 14.8. The van der Waals surface area contributed by atoms with E-state index in [-0.39, 0.29) is 0 Å². The molecule has 1 aliphatic carbocycles. The fourth-order valence-corrected chi connectivity index (χ4v) is 2.88. The van der Waals surface area contributed by atoms with Crippen molar-refractivity contribution >= 4 is 17.3 Å². The van der Waals surface area contributed by atoms with Crippen molar-refractivity contribution < 1.29 is 14.6 Å². The van der Waals surface area contributed by atoms with Gasteiger partial charge in [0.1, 0.15) is 0 Å².